The van der Waals surface area contributed by atoms with E-state index in [1.165, 1.54) is 38.6 Å². The van der Waals surface area contributed by atoms with Gasteiger partial charge >= 0.3 is 0 Å². The highest BCUT2D eigenvalue weighted by Crippen LogP contribution is 2.49. The van der Waals surface area contributed by atoms with E-state index in [0.717, 1.165) is 5.92 Å². The van der Waals surface area contributed by atoms with Crippen molar-refractivity contribution in [3.8, 4) is 0 Å². The SMILES string of the molecule is CCC(CC)C1(CNC(C)(C)C)CCC1. The summed E-state index contributed by atoms with van der Waals surface area (Å²) >= 11 is 0. The van der Waals surface area contributed by atoms with Crippen LogP contribution in [0.15, 0.2) is 0 Å². The first-order chi connectivity index (χ1) is 6.93. The van der Waals surface area contributed by atoms with Gasteiger partial charge < -0.3 is 5.32 Å². The smallest absolute Gasteiger partial charge is 0.00967 e. The molecule has 0 aromatic heterocycles. The first-order valence-corrected chi connectivity index (χ1v) is 6.68. The lowest BCUT2D eigenvalue weighted by Gasteiger charge is -2.49. The number of hydrogen-bond donors (Lipinski definition) is 1. The van der Waals surface area contributed by atoms with Gasteiger partial charge in [-0.2, -0.15) is 0 Å². The van der Waals surface area contributed by atoms with E-state index in [-0.39, 0.29) is 5.54 Å². The van der Waals surface area contributed by atoms with Gasteiger partial charge in [0, 0.05) is 12.1 Å². The quantitative estimate of drug-likeness (QED) is 0.725. The van der Waals surface area contributed by atoms with Crippen LogP contribution in [0.2, 0.25) is 0 Å². The molecular weight excluding hydrogens is 182 g/mol. The van der Waals surface area contributed by atoms with Gasteiger partial charge in [-0.1, -0.05) is 33.1 Å². The molecule has 1 rings (SSSR count). The second-order valence-corrected chi connectivity index (χ2v) is 6.33. The fourth-order valence-corrected chi connectivity index (χ4v) is 2.96. The fraction of sp³-hybridized carbons (Fsp3) is 1.00. The molecule has 15 heavy (non-hydrogen) atoms. The van der Waals surface area contributed by atoms with Crippen LogP contribution in [0.4, 0.5) is 0 Å². The van der Waals surface area contributed by atoms with Crippen molar-refractivity contribution in [2.75, 3.05) is 6.54 Å². The second kappa shape index (κ2) is 4.86. The van der Waals surface area contributed by atoms with Crippen molar-refractivity contribution in [2.24, 2.45) is 11.3 Å². The molecule has 0 aliphatic heterocycles. The summed E-state index contributed by atoms with van der Waals surface area (Å²) < 4.78 is 0. The van der Waals surface area contributed by atoms with Gasteiger partial charge in [0.1, 0.15) is 0 Å². The highest BCUT2D eigenvalue weighted by Gasteiger charge is 2.42. The Morgan fingerprint density at radius 1 is 1.13 bits per heavy atom. The average Bonchev–Trinajstić information content (AvgIpc) is 2.07. The predicted molar refractivity (Wildman–Crippen MR) is 68.1 cm³/mol. The van der Waals surface area contributed by atoms with Crippen LogP contribution >= 0.6 is 0 Å². The number of hydrogen-bond acceptors (Lipinski definition) is 1. The fourth-order valence-electron chi connectivity index (χ4n) is 2.96. The van der Waals surface area contributed by atoms with Crippen molar-refractivity contribution in [3.05, 3.63) is 0 Å². The Morgan fingerprint density at radius 2 is 1.67 bits per heavy atom. The molecule has 1 heteroatoms. The average molecular weight is 211 g/mol. The monoisotopic (exact) mass is 211 g/mol. The van der Waals surface area contributed by atoms with E-state index in [1.807, 2.05) is 0 Å². The Morgan fingerprint density at radius 3 is 1.93 bits per heavy atom. The highest BCUT2D eigenvalue weighted by molar-refractivity contribution is 4.95. The molecule has 1 saturated carbocycles. The van der Waals surface area contributed by atoms with Gasteiger partial charge in [0.25, 0.3) is 0 Å². The molecule has 1 aliphatic rings. The largest absolute Gasteiger partial charge is 0.312 e. The second-order valence-electron chi connectivity index (χ2n) is 6.33. The summed E-state index contributed by atoms with van der Waals surface area (Å²) in [4.78, 5) is 0. The van der Waals surface area contributed by atoms with Crippen molar-refractivity contribution in [3.63, 3.8) is 0 Å². The molecule has 1 N–H and O–H groups in total. The Labute approximate surface area is 96.0 Å². The zero-order chi connectivity index (χ0) is 11.5. The molecule has 0 aromatic carbocycles. The Balaban J connectivity index is 2.53. The predicted octanol–water partition coefficient (Wildman–Crippen LogP) is 3.98. The molecule has 90 valence electrons. The molecular formula is C14H29N. The standard InChI is InChI=1S/C14H29N/c1-6-12(7-2)14(9-8-10-14)11-15-13(3,4)5/h12,15H,6-11H2,1-5H3. The first kappa shape index (κ1) is 13.0. The molecule has 0 bridgehead atoms. The molecule has 0 atom stereocenters. The normalized spacial score (nSPS) is 20.4. The minimum Gasteiger partial charge on any atom is -0.312 e. The van der Waals surface area contributed by atoms with Gasteiger partial charge in [-0.3, -0.25) is 0 Å². The summed E-state index contributed by atoms with van der Waals surface area (Å²) in [6, 6.07) is 0. The zero-order valence-corrected chi connectivity index (χ0v) is 11.3. The molecule has 0 aromatic rings. The van der Waals surface area contributed by atoms with Crippen LogP contribution in [0, 0.1) is 11.3 Å². The summed E-state index contributed by atoms with van der Waals surface area (Å²) in [5.41, 5.74) is 0.908. The first-order valence-electron chi connectivity index (χ1n) is 6.68. The Kier molecular flexibility index (Phi) is 4.22. The Bertz CT molecular complexity index is 182. The third-order valence-electron chi connectivity index (χ3n) is 4.17. The van der Waals surface area contributed by atoms with Gasteiger partial charge in [-0.05, 0) is 44.9 Å². The Hall–Kier alpha value is -0.0400. The minimum absolute atomic E-state index is 0.272. The molecule has 0 heterocycles. The third-order valence-corrected chi connectivity index (χ3v) is 4.17. The molecule has 1 nitrogen and oxygen atoms in total. The lowest BCUT2D eigenvalue weighted by molar-refractivity contribution is 0.0364. The van der Waals surface area contributed by atoms with Gasteiger partial charge in [0.15, 0.2) is 0 Å². The van der Waals surface area contributed by atoms with Crippen LogP contribution in [0.1, 0.15) is 66.7 Å². The van der Waals surface area contributed by atoms with Crippen LogP contribution in [-0.4, -0.2) is 12.1 Å². The van der Waals surface area contributed by atoms with E-state index in [4.69, 9.17) is 0 Å². The molecule has 1 fully saturated rings. The van der Waals surface area contributed by atoms with E-state index < -0.39 is 0 Å². The van der Waals surface area contributed by atoms with E-state index in [2.05, 4.69) is 39.9 Å². The van der Waals surface area contributed by atoms with E-state index >= 15 is 0 Å². The summed E-state index contributed by atoms with van der Waals surface area (Å²) in [5.74, 6) is 0.932. The molecule has 0 amide bonds. The maximum Gasteiger partial charge on any atom is 0.00967 e. The summed E-state index contributed by atoms with van der Waals surface area (Å²) in [6.45, 7) is 12.7. The van der Waals surface area contributed by atoms with Crippen molar-refractivity contribution >= 4 is 0 Å². The molecule has 0 unspecified atom stereocenters. The van der Waals surface area contributed by atoms with Crippen molar-refractivity contribution in [2.45, 2.75) is 72.3 Å². The van der Waals surface area contributed by atoms with Gasteiger partial charge in [-0.15, -0.1) is 0 Å². The lowest BCUT2D eigenvalue weighted by atomic mass is 9.59. The number of nitrogens with one attached hydrogen (secondary N) is 1. The van der Waals surface area contributed by atoms with E-state index in [9.17, 15) is 0 Å². The summed E-state index contributed by atoms with van der Waals surface area (Å²) in [5, 5.41) is 3.71. The van der Waals surface area contributed by atoms with Gasteiger partial charge in [-0.25, -0.2) is 0 Å². The van der Waals surface area contributed by atoms with Crippen molar-refractivity contribution < 1.29 is 0 Å². The van der Waals surface area contributed by atoms with Crippen LogP contribution in [-0.2, 0) is 0 Å². The third kappa shape index (κ3) is 3.21. The summed E-state index contributed by atoms with van der Waals surface area (Å²) in [6.07, 6.45) is 7.04. The van der Waals surface area contributed by atoms with Crippen molar-refractivity contribution in [1.82, 2.24) is 5.32 Å². The van der Waals surface area contributed by atoms with Gasteiger partial charge in [0.05, 0.1) is 0 Å². The molecule has 1 aliphatic carbocycles. The lowest BCUT2D eigenvalue weighted by Crippen LogP contribution is -2.50. The maximum atomic E-state index is 3.71. The van der Waals surface area contributed by atoms with Gasteiger partial charge in [0.2, 0.25) is 0 Å². The molecule has 0 saturated heterocycles. The van der Waals surface area contributed by atoms with Crippen LogP contribution in [0.25, 0.3) is 0 Å². The zero-order valence-electron chi connectivity index (χ0n) is 11.3. The van der Waals surface area contributed by atoms with Crippen LogP contribution in [0.5, 0.6) is 0 Å². The van der Waals surface area contributed by atoms with E-state index in [1.54, 1.807) is 0 Å². The summed E-state index contributed by atoms with van der Waals surface area (Å²) in [7, 11) is 0. The van der Waals surface area contributed by atoms with E-state index in [0.29, 0.717) is 5.41 Å². The maximum absolute atomic E-state index is 3.71. The number of rotatable bonds is 5. The minimum atomic E-state index is 0.272. The molecule has 0 spiro atoms. The molecule has 0 radical (unpaired) electrons. The van der Waals surface area contributed by atoms with Crippen LogP contribution in [0.3, 0.4) is 0 Å². The topological polar surface area (TPSA) is 12.0 Å². The highest BCUT2D eigenvalue weighted by atomic mass is 15.0. The van der Waals surface area contributed by atoms with Crippen molar-refractivity contribution in [1.29, 1.82) is 0 Å². The van der Waals surface area contributed by atoms with Crippen LogP contribution < -0.4 is 5.32 Å².